The second kappa shape index (κ2) is 7.34. The van der Waals surface area contributed by atoms with E-state index in [1.807, 2.05) is 6.92 Å². The number of carbonyl (C=O) groups excluding carboxylic acids is 1. The summed E-state index contributed by atoms with van der Waals surface area (Å²) in [6.45, 7) is 1.94. The van der Waals surface area contributed by atoms with Gasteiger partial charge in [-0.3, -0.25) is 4.79 Å². The Bertz CT molecular complexity index is 63.4. The second-order valence-electron chi connectivity index (χ2n) is 1.33. The van der Waals surface area contributed by atoms with Crippen molar-refractivity contribution in [2.24, 2.45) is 0 Å². The predicted octanol–water partition coefficient (Wildman–Crippen LogP) is -0.224. The van der Waals surface area contributed by atoms with E-state index in [9.17, 15) is 4.79 Å². The molecule has 0 spiro atoms. The van der Waals surface area contributed by atoms with Gasteiger partial charge in [-0.25, -0.2) is 0 Å². The van der Waals surface area contributed by atoms with Gasteiger partial charge in [0.25, 0.3) is 0 Å². The van der Waals surface area contributed by atoms with Gasteiger partial charge in [0.2, 0.25) is 0 Å². The molecule has 0 fully saturated rings. The number of carbonyl (C=O) groups is 1. The summed E-state index contributed by atoms with van der Waals surface area (Å²) in [5.41, 5.74) is 0. The summed E-state index contributed by atoms with van der Waals surface area (Å²) in [6, 6.07) is 0. The molecule has 0 atom stereocenters. The molecule has 0 rings (SSSR count). The number of hydrogen-bond acceptors (Lipinski definition) is 2. The van der Waals surface area contributed by atoms with Crippen molar-refractivity contribution in [1.29, 1.82) is 0 Å². The van der Waals surface area contributed by atoms with Crippen LogP contribution >= 0.6 is 0 Å². The number of rotatable bonds is 2. The van der Waals surface area contributed by atoms with Crippen LogP contribution in [0.1, 0.15) is 19.8 Å². The van der Waals surface area contributed by atoms with Crippen molar-refractivity contribution in [3.8, 4) is 0 Å². The Balaban J connectivity index is 0. The predicted molar refractivity (Wildman–Crippen MR) is 36.9 cm³/mol. The van der Waals surface area contributed by atoms with Gasteiger partial charge in [0, 0.05) is 6.42 Å². The molecule has 0 saturated carbocycles. The van der Waals surface area contributed by atoms with E-state index in [1.165, 1.54) is 7.11 Å². The molecule has 0 radical (unpaired) electrons. The Morgan fingerprint density at radius 3 is 2.25 bits per heavy atom. The first-order chi connectivity index (χ1) is 3.31. The molecule has 0 aromatic heterocycles. The van der Waals surface area contributed by atoms with E-state index in [2.05, 4.69) is 4.74 Å². The molecule has 0 bridgehead atoms. The normalized spacial score (nSPS) is 7.25. The van der Waals surface area contributed by atoms with Crippen molar-refractivity contribution >= 4 is 31.8 Å². The van der Waals surface area contributed by atoms with Gasteiger partial charge < -0.3 is 4.74 Å². The summed E-state index contributed by atoms with van der Waals surface area (Å²) >= 11 is 0. The monoisotopic (exact) mass is 220 g/mol. The van der Waals surface area contributed by atoms with Gasteiger partial charge in [-0.05, 0) is 6.42 Å². The summed E-state index contributed by atoms with van der Waals surface area (Å²) in [4.78, 5) is 10.2. The van der Waals surface area contributed by atoms with E-state index in [4.69, 9.17) is 0 Å². The average Bonchev–Trinajstić information content (AvgIpc) is 1.68. The number of esters is 1. The van der Waals surface area contributed by atoms with E-state index in [-0.39, 0.29) is 31.8 Å². The van der Waals surface area contributed by atoms with Crippen LogP contribution in [0, 0.1) is 0 Å². The van der Waals surface area contributed by atoms with Gasteiger partial charge in [-0.1, -0.05) is 6.92 Å². The first-order valence-electron chi connectivity index (χ1n) is 2.38. The van der Waals surface area contributed by atoms with Crippen molar-refractivity contribution in [3.05, 3.63) is 0 Å². The molecule has 0 aliphatic rings. The van der Waals surface area contributed by atoms with Crippen molar-refractivity contribution < 1.29 is 9.53 Å². The van der Waals surface area contributed by atoms with Crippen LogP contribution < -0.4 is 0 Å². The third kappa shape index (κ3) is 6.34. The standard InChI is InChI=1S/C5H10O2.In.3H/c1-3-4-5(6)7-2;;;;/h3-4H2,1-2H3;;;;. The average molecular weight is 220 g/mol. The molecule has 2 nitrogen and oxygen atoms in total. The molecule has 3 heteroatoms. The van der Waals surface area contributed by atoms with Crippen LogP contribution in [0.25, 0.3) is 0 Å². The molecule has 0 saturated heterocycles. The number of ether oxygens (including phenoxy) is 1. The first kappa shape index (κ1) is 11.2. The van der Waals surface area contributed by atoms with E-state index < -0.39 is 0 Å². The molecule has 0 amide bonds. The zero-order chi connectivity index (χ0) is 5.70. The van der Waals surface area contributed by atoms with E-state index in [0.29, 0.717) is 6.42 Å². The fourth-order valence-electron chi connectivity index (χ4n) is 0.306. The summed E-state index contributed by atoms with van der Waals surface area (Å²) in [6.07, 6.45) is 1.41. The van der Waals surface area contributed by atoms with E-state index in [0.717, 1.165) is 6.42 Å². The fourth-order valence-corrected chi connectivity index (χ4v) is 0.306. The molecule has 0 unspecified atom stereocenters. The van der Waals surface area contributed by atoms with Crippen LogP contribution in [0.4, 0.5) is 0 Å². The quantitative estimate of drug-likeness (QED) is 0.601. The minimum absolute atomic E-state index is 0. The number of methoxy groups -OCH3 is 1. The van der Waals surface area contributed by atoms with Crippen molar-refractivity contribution in [1.82, 2.24) is 0 Å². The van der Waals surface area contributed by atoms with Gasteiger partial charge in [-0.2, -0.15) is 0 Å². The zero-order valence-corrected chi connectivity index (χ0v) is 4.73. The Hall–Kier alpha value is 0.340. The van der Waals surface area contributed by atoms with Crippen molar-refractivity contribution in [2.75, 3.05) is 7.11 Å². The van der Waals surface area contributed by atoms with Gasteiger partial charge in [-0.15, -0.1) is 0 Å². The summed E-state index contributed by atoms with van der Waals surface area (Å²) in [5.74, 6) is -0.123. The van der Waals surface area contributed by atoms with Gasteiger partial charge >= 0.3 is 31.8 Å². The maximum absolute atomic E-state index is 10.2. The van der Waals surface area contributed by atoms with Gasteiger partial charge in [0.15, 0.2) is 0 Å². The van der Waals surface area contributed by atoms with Crippen LogP contribution in [0.5, 0.6) is 0 Å². The van der Waals surface area contributed by atoms with Crippen LogP contribution in [-0.4, -0.2) is 38.9 Å². The summed E-state index contributed by atoms with van der Waals surface area (Å²) < 4.78 is 4.35. The Kier molecular flexibility index (Phi) is 10.3. The zero-order valence-electron chi connectivity index (χ0n) is 4.73. The van der Waals surface area contributed by atoms with Crippen LogP contribution in [0.15, 0.2) is 0 Å². The molecule has 0 heterocycles. The molecule has 0 aliphatic heterocycles. The first-order valence-corrected chi connectivity index (χ1v) is 2.38. The van der Waals surface area contributed by atoms with Gasteiger partial charge in [0.1, 0.15) is 0 Å². The van der Waals surface area contributed by atoms with Crippen molar-refractivity contribution in [2.45, 2.75) is 19.8 Å². The Morgan fingerprint density at radius 1 is 1.62 bits per heavy atom. The van der Waals surface area contributed by atoms with Crippen LogP contribution in [0.3, 0.4) is 0 Å². The minimum atomic E-state index is -0.123. The van der Waals surface area contributed by atoms with Gasteiger partial charge in [0.05, 0.1) is 7.11 Å². The fraction of sp³-hybridized carbons (Fsp3) is 0.800. The summed E-state index contributed by atoms with van der Waals surface area (Å²) in [7, 11) is 1.40. The van der Waals surface area contributed by atoms with E-state index >= 15 is 0 Å². The molecular formula is C5H13InO2. The molecule has 48 valence electrons. The van der Waals surface area contributed by atoms with Crippen LogP contribution in [0.2, 0.25) is 0 Å². The van der Waals surface area contributed by atoms with E-state index in [1.54, 1.807) is 0 Å². The SMILES string of the molecule is CCCC(=O)OC.[InH3]. The summed E-state index contributed by atoms with van der Waals surface area (Å²) in [5, 5.41) is 0. The Morgan fingerprint density at radius 2 is 2.12 bits per heavy atom. The second-order valence-corrected chi connectivity index (χ2v) is 1.33. The maximum atomic E-state index is 10.2. The third-order valence-corrected chi connectivity index (χ3v) is 0.682. The molecule has 0 aromatic carbocycles. The van der Waals surface area contributed by atoms with Crippen molar-refractivity contribution in [3.63, 3.8) is 0 Å². The topological polar surface area (TPSA) is 26.3 Å². The third-order valence-electron chi connectivity index (χ3n) is 0.682. The number of hydrogen-bond donors (Lipinski definition) is 0. The molecule has 8 heavy (non-hydrogen) atoms. The molecule has 0 aromatic rings. The van der Waals surface area contributed by atoms with Crippen LogP contribution in [-0.2, 0) is 9.53 Å². The Labute approximate surface area is 68.4 Å². The molecule has 0 aliphatic carbocycles. The molecular weight excluding hydrogens is 207 g/mol. The molecule has 0 N–H and O–H groups in total.